The lowest BCUT2D eigenvalue weighted by atomic mass is 10.0. The van der Waals surface area contributed by atoms with Crippen LogP contribution in [-0.2, 0) is 9.59 Å². The number of rotatable bonds is 6. The Morgan fingerprint density at radius 3 is 2.30 bits per heavy atom. The van der Waals surface area contributed by atoms with Crippen molar-refractivity contribution < 1.29 is 14.7 Å². The van der Waals surface area contributed by atoms with E-state index in [1.54, 1.807) is 0 Å². The first-order chi connectivity index (χ1) is 12.9. The molecule has 0 atom stereocenters. The highest BCUT2D eigenvalue weighted by Crippen LogP contribution is 2.33. The quantitative estimate of drug-likeness (QED) is 0.564. The van der Waals surface area contributed by atoms with Gasteiger partial charge < -0.3 is 5.11 Å². The minimum absolute atomic E-state index is 0.0244. The number of hydrogen-bond acceptors (Lipinski definition) is 4. The maximum absolute atomic E-state index is 12.5. The molecule has 1 aliphatic rings. The van der Waals surface area contributed by atoms with Crippen molar-refractivity contribution in [1.82, 2.24) is 4.90 Å². The molecule has 27 heavy (non-hydrogen) atoms. The summed E-state index contributed by atoms with van der Waals surface area (Å²) in [5, 5.41) is 8.73. The fraction of sp³-hybridized carbons (Fsp3) is 0.190. The van der Waals surface area contributed by atoms with E-state index in [-0.39, 0.29) is 12.3 Å². The summed E-state index contributed by atoms with van der Waals surface area (Å²) in [7, 11) is 0. The maximum Gasteiger partial charge on any atom is 0.303 e. The Balaban J connectivity index is 1.71. The van der Waals surface area contributed by atoms with Crippen molar-refractivity contribution in [2.24, 2.45) is 0 Å². The van der Waals surface area contributed by atoms with Crippen LogP contribution in [-0.4, -0.2) is 32.7 Å². The van der Waals surface area contributed by atoms with Crippen LogP contribution in [0.25, 0.3) is 17.2 Å². The number of amides is 1. The van der Waals surface area contributed by atoms with Crippen molar-refractivity contribution in [3.05, 3.63) is 64.6 Å². The lowest BCUT2D eigenvalue weighted by Crippen LogP contribution is -2.29. The van der Waals surface area contributed by atoms with Gasteiger partial charge in [0.05, 0.1) is 4.91 Å². The summed E-state index contributed by atoms with van der Waals surface area (Å²) in [6.07, 6.45) is 2.24. The summed E-state index contributed by atoms with van der Waals surface area (Å²) in [6.45, 7) is 2.39. The van der Waals surface area contributed by atoms with Crippen LogP contribution in [0.3, 0.4) is 0 Å². The van der Waals surface area contributed by atoms with Gasteiger partial charge in [-0.15, -0.1) is 0 Å². The number of thiocarbonyl (C=S) groups is 1. The summed E-state index contributed by atoms with van der Waals surface area (Å²) in [5.74, 6) is -1.03. The van der Waals surface area contributed by atoms with E-state index >= 15 is 0 Å². The van der Waals surface area contributed by atoms with Gasteiger partial charge in [0, 0.05) is 13.0 Å². The van der Waals surface area contributed by atoms with Gasteiger partial charge in [-0.1, -0.05) is 78.1 Å². The van der Waals surface area contributed by atoms with E-state index in [9.17, 15) is 9.59 Å². The van der Waals surface area contributed by atoms with Crippen molar-refractivity contribution in [1.29, 1.82) is 0 Å². The van der Waals surface area contributed by atoms with E-state index in [1.165, 1.54) is 22.2 Å². The molecule has 0 aliphatic carbocycles. The predicted molar refractivity (Wildman–Crippen MR) is 113 cm³/mol. The number of aryl methyl sites for hydroxylation is 1. The minimum atomic E-state index is -0.871. The molecule has 2 aromatic rings. The van der Waals surface area contributed by atoms with Crippen LogP contribution < -0.4 is 0 Å². The Hall–Kier alpha value is -2.44. The van der Waals surface area contributed by atoms with Gasteiger partial charge in [-0.25, -0.2) is 0 Å². The highest BCUT2D eigenvalue weighted by Gasteiger charge is 2.31. The summed E-state index contributed by atoms with van der Waals surface area (Å²) < 4.78 is 0.480. The molecule has 0 radical (unpaired) electrons. The van der Waals surface area contributed by atoms with E-state index < -0.39 is 5.97 Å². The molecular weight excluding hydrogens is 378 g/mol. The second-order valence-corrected chi connectivity index (χ2v) is 7.99. The lowest BCUT2D eigenvalue weighted by molar-refractivity contribution is -0.137. The van der Waals surface area contributed by atoms with Gasteiger partial charge in [0.1, 0.15) is 4.32 Å². The van der Waals surface area contributed by atoms with Crippen LogP contribution in [0.15, 0.2) is 53.4 Å². The maximum atomic E-state index is 12.5. The first-order valence-electron chi connectivity index (χ1n) is 8.58. The van der Waals surface area contributed by atoms with Crippen molar-refractivity contribution in [2.75, 3.05) is 6.54 Å². The number of carboxylic acids is 1. The fourth-order valence-corrected chi connectivity index (χ4v) is 4.06. The van der Waals surface area contributed by atoms with E-state index in [2.05, 4.69) is 31.2 Å². The van der Waals surface area contributed by atoms with Crippen molar-refractivity contribution in [3.63, 3.8) is 0 Å². The van der Waals surface area contributed by atoms with E-state index in [1.807, 2.05) is 30.3 Å². The number of carbonyl (C=O) groups is 2. The van der Waals surface area contributed by atoms with Crippen LogP contribution in [0.1, 0.15) is 24.0 Å². The SMILES string of the molecule is Cc1ccc(-c2ccc(/C=C3\SC(=S)N(CCCC(=O)O)C3=O)cc2)cc1. The molecular formula is C21H19NO3S2. The molecule has 1 fully saturated rings. The van der Waals surface area contributed by atoms with Crippen LogP contribution >= 0.6 is 24.0 Å². The summed E-state index contributed by atoms with van der Waals surface area (Å²) in [5.41, 5.74) is 4.42. The molecule has 138 valence electrons. The first kappa shape index (κ1) is 19.3. The smallest absolute Gasteiger partial charge is 0.303 e. The number of nitrogens with zero attached hydrogens (tertiary/aromatic N) is 1. The number of hydrogen-bond donors (Lipinski definition) is 1. The minimum Gasteiger partial charge on any atom is -0.481 e. The van der Waals surface area contributed by atoms with Crippen LogP contribution in [0, 0.1) is 6.92 Å². The van der Waals surface area contributed by atoms with Crippen LogP contribution in [0.4, 0.5) is 0 Å². The van der Waals surface area contributed by atoms with Gasteiger partial charge in [-0.2, -0.15) is 0 Å². The molecule has 0 aromatic heterocycles. The number of aliphatic carboxylic acids is 1. The predicted octanol–water partition coefficient (Wildman–Crippen LogP) is 4.73. The zero-order valence-corrected chi connectivity index (χ0v) is 16.5. The van der Waals surface area contributed by atoms with Gasteiger partial charge in [-0.3, -0.25) is 14.5 Å². The average Bonchev–Trinajstić information content (AvgIpc) is 2.90. The van der Waals surface area contributed by atoms with E-state index in [0.29, 0.717) is 22.2 Å². The topological polar surface area (TPSA) is 57.6 Å². The molecule has 2 aromatic carbocycles. The van der Waals surface area contributed by atoms with Crippen molar-refractivity contribution in [2.45, 2.75) is 19.8 Å². The third-order valence-electron chi connectivity index (χ3n) is 4.24. The Morgan fingerprint density at radius 1 is 1.11 bits per heavy atom. The molecule has 6 heteroatoms. The fourth-order valence-electron chi connectivity index (χ4n) is 2.75. The van der Waals surface area contributed by atoms with Gasteiger partial charge in [0.2, 0.25) is 0 Å². The van der Waals surface area contributed by atoms with Gasteiger partial charge in [0.15, 0.2) is 0 Å². The number of carbonyl (C=O) groups excluding carboxylic acids is 1. The Bertz CT molecular complexity index is 902. The van der Waals surface area contributed by atoms with E-state index in [4.69, 9.17) is 17.3 Å². The average molecular weight is 398 g/mol. The molecule has 4 nitrogen and oxygen atoms in total. The second-order valence-electron chi connectivity index (χ2n) is 6.32. The zero-order chi connectivity index (χ0) is 19.4. The van der Waals surface area contributed by atoms with Crippen molar-refractivity contribution in [3.8, 4) is 11.1 Å². The highest BCUT2D eigenvalue weighted by atomic mass is 32.2. The molecule has 1 saturated heterocycles. The molecule has 1 aliphatic heterocycles. The monoisotopic (exact) mass is 397 g/mol. The highest BCUT2D eigenvalue weighted by molar-refractivity contribution is 8.26. The number of thioether (sulfide) groups is 1. The Labute approximate surface area is 167 Å². The summed E-state index contributed by atoms with van der Waals surface area (Å²) in [6, 6.07) is 16.4. The Morgan fingerprint density at radius 2 is 1.70 bits per heavy atom. The third-order valence-corrected chi connectivity index (χ3v) is 5.62. The Kier molecular flexibility index (Phi) is 6.08. The summed E-state index contributed by atoms with van der Waals surface area (Å²) >= 11 is 6.52. The zero-order valence-electron chi connectivity index (χ0n) is 14.8. The number of benzene rings is 2. The molecule has 0 bridgehead atoms. The lowest BCUT2D eigenvalue weighted by Gasteiger charge is -2.13. The van der Waals surface area contributed by atoms with Gasteiger partial charge in [0.25, 0.3) is 5.91 Å². The molecule has 0 spiro atoms. The molecule has 1 N–H and O–H groups in total. The van der Waals surface area contributed by atoms with Gasteiger partial charge in [-0.05, 0) is 36.1 Å². The molecule has 0 unspecified atom stereocenters. The molecule has 3 rings (SSSR count). The van der Waals surface area contributed by atoms with Crippen molar-refractivity contribution >= 4 is 46.3 Å². The van der Waals surface area contributed by atoms with Crippen LogP contribution in [0.2, 0.25) is 0 Å². The van der Waals surface area contributed by atoms with E-state index in [0.717, 1.165) is 16.7 Å². The molecule has 1 amide bonds. The van der Waals surface area contributed by atoms with Gasteiger partial charge >= 0.3 is 5.97 Å². The number of carboxylic acid groups (broad SMARTS) is 1. The third kappa shape index (κ3) is 4.84. The normalized spacial score (nSPS) is 15.6. The standard InChI is InChI=1S/C21H19NO3S2/c1-14-4-8-16(9-5-14)17-10-6-15(7-11-17)13-18-20(25)22(21(26)27-18)12-2-3-19(23)24/h4-11,13H,2-3,12H2,1H3,(H,23,24)/b18-13-. The first-order valence-corrected chi connectivity index (χ1v) is 9.81. The van der Waals surface area contributed by atoms with Crippen LogP contribution in [0.5, 0.6) is 0 Å². The molecule has 1 heterocycles. The summed E-state index contributed by atoms with van der Waals surface area (Å²) in [4.78, 5) is 25.2. The second kappa shape index (κ2) is 8.50. The molecule has 0 saturated carbocycles. The largest absolute Gasteiger partial charge is 0.481 e.